The lowest BCUT2D eigenvalue weighted by molar-refractivity contribution is -0.363. The maximum atomic E-state index is 13.6. The first kappa shape index (κ1) is 23.1. The van der Waals surface area contributed by atoms with Crippen LogP contribution < -0.4 is 0 Å². The second kappa shape index (κ2) is 7.23. The smallest absolute Gasteiger partial charge is 0.438 e. The van der Waals surface area contributed by atoms with E-state index in [4.69, 9.17) is 4.55 Å². The summed E-state index contributed by atoms with van der Waals surface area (Å²) in [4.78, 5) is 12.9. The molecule has 0 spiro atoms. The van der Waals surface area contributed by atoms with Gasteiger partial charge in [-0.2, -0.15) is 34.8 Å². The van der Waals surface area contributed by atoms with E-state index >= 15 is 0 Å². The fourth-order valence-corrected chi connectivity index (χ4v) is 8.21. The zero-order chi connectivity index (χ0) is 23.0. The first-order valence-corrected chi connectivity index (χ1v) is 12.1. The summed E-state index contributed by atoms with van der Waals surface area (Å²) < 4.78 is 117. The maximum absolute atomic E-state index is 13.6. The van der Waals surface area contributed by atoms with Crippen molar-refractivity contribution in [2.75, 3.05) is 5.75 Å². The Morgan fingerprint density at radius 2 is 1.29 bits per heavy atom. The molecule has 0 radical (unpaired) electrons. The van der Waals surface area contributed by atoms with Crippen molar-refractivity contribution in [2.24, 2.45) is 41.4 Å². The van der Waals surface area contributed by atoms with Crippen molar-refractivity contribution in [3.63, 3.8) is 0 Å². The number of ether oxygens (including phenoxy) is 1. The van der Waals surface area contributed by atoms with Gasteiger partial charge < -0.3 is 4.74 Å². The predicted octanol–water partition coefficient (Wildman–Crippen LogP) is 4.38. The lowest BCUT2D eigenvalue weighted by atomic mass is 9.48. The minimum Gasteiger partial charge on any atom is -0.438 e. The van der Waals surface area contributed by atoms with Gasteiger partial charge in [-0.1, -0.05) is 12.8 Å². The van der Waals surface area contributed by atoms with Gasteiger partial charge in [-0.25, -0.2) is 0 Å². The first-order valence-electron chi connectivity index (χ1n) is 10.5. The third-order valence-electron chi connectivity index (χ3n) is 8.21. The number of hydrogen-bond donors (Lipinski definition) is 1. The van der Waals surface area contributed by atoms with Gasteiger partial charge in [-0.3, -0.25) is 9.35 Å². The summed E-state index contributed by atoms with van der Waals surface area (Å²) in [5, 5.41) is 0. The number of rotatable bonds is 4. The van der Waals surface area contributed by atoms with Crippen LogP contribution in [0.2, 0.25) is 0 Å². The molecule has 5 fully saturated rings. The Hall–Kier alpha value is -1.04. The summed E-state index contributed by atoms with van der Waals surface area (Å²) in [5.41, 5.74) is -5.31. The van der Waals surface area contributed by atoms with E-state index in [1.165, 1.54) is 0 Å². The van der Waals surface area contributed by atoms with Crippen molar-refractivity contribution in [3.8, 4) is 0 Å². The molecule has 0 aromatic heterocycles. The molecular weight excluding hydrogens is 454 g/mol. The van der Waals surface area contributed by atoms with Crippen LogP contribution in [0.3, 0.4) is 0 Å². The maximum Gasteiger partial charge on any atom is 0.438 e. The van der Waals surface area contributed by atoms with E-state index in [1.54, 1.807) is 0 Å². The average molecular weight is 478 g/mol. The molecule has 2 bridgehead atoms. The molecule has 5 unspecified atom stereocenters. The Bertz CT molecular complexity index is 802. The Balaban J connectivity index is 1.68. The topological polar surface area (TPSA) is 80.7 Å². The summed E-state index contributed by atoms with van der Waals surface area (Å²) >= 11 is 0. The molecule has 5 atom stereocenters. The van der Waals surface area contributed by atoms with Crippen molar-refractivity contribution < 1.29 is 48.8 Å². The number of fused-ring (bicyclic) bond motifs is 1. The van der Waals surface area contributed by atoms with Crippen LogP contribution in [0.25, 0.3) is 0 Å². The van der Waals surface area contributed by atoms with E-state index in [2.05, 4.69) is 4.74 Å². The van der Waals surface area contributed by atoms with E-state index in [1.807, 2.05) is 0 Å². The van der Waals surface area contributed by atoms with E-state index in [0.29, 0.717) is 11.8 Å². The number of halogens is 6. The summed E-state index contributed by atoms with van der Waals surface area (Å²) in [5.74, 6) is -5.08. The van der Waals surface area contributed by atoms with Crippen LogP contribution in [-0.2, 0) is 19.6 Å². The average Bonchev–Trinajstić information content (AvgIpc) is 3.27. The first-order chi connectivity index (χ1) is 14.2. The Kier molecular flexibility index (Phi) is 5.39. The highest BCUT2D eigenvalue weighted by atomic mass is 32.2. The molecule has 12 heteroatoms. The van der Waals surface area contributed by atoms with Crippen LogP contribution in [-0.4, -0.2) is 42.6 Å². The molecule has 31 heavy (non-hydrogen) atoms. The standard InChI is InChI=1S/C19H24F6O5S/c20-18(21,22)17(19(23,24)25,8-31(27,28)29)30-16(26)14-7-13-9-3-1-5-11(9)15(14)12-6-2-4-10(12)13/h9-15H,1-8H2,(H,27,28,29). The van der Waals surface area contributed by atoms with Crippen molar-refractivity contribution >= 4 is 16.1 Å². The molecule has 5 aliphatic carbocycles. The van der Waals surface area contributed by atoms with Crippen LogP contribution in [0.1, 0.15) is 44.9 Å². The van der Waals surface area contributed by atoms with Gasteiger partial charge in [0.1, 0.15) is 5.75 Å². The van der Waals surface area contributed by atoms with Gasteiger partial charge in [0.05, 0.1) is 5.92 Å². The van der Waals surface area contributed by atoms with Gasteiger partial charge in [-0.15, -0.1) is 0 Å². The molecule has 0 saturated heterocycles. The van der Waals surface area contributed by atoms with Crippen LogP contribution in [0.4, 0.5) is 26.3 Å². The number of hydrogen-bond acceptors (Lipinski definition) is 4. The summed E-state index contributed by atoms with van der Waals surface area (Å²) in [6, 6.07) is 0. The molecule has 0 aromatic rings. The number of carbonyl (C=O) groups is 1. The zero-order valence-corrected chi connectivity index (χ0v) is 17.3. The molecule has 1 N–H and O–H groups in total. The van der Waals surface area contributed by atoms with Gasteiger partial charge in [-0.05, 0) is 67.6 Å². The Morgan fingerprint density at radius 3 is 1.71 bits per heavy atom. The lowest BCUT2D eigenvalue weighted by Crippen LogP contribution is -2.64. The number of esters is 1. The molecule has 0 aromatic carbocycles. The molecule has 5 rings (SSSR count). The molecule has 5 aliphatic rings. The van der Waals surface area contributed by atoms with Gasteiger partial charge in [0.2, 0.25) is 0 Å². The van der Waals surface area contributed by atoms with Crippen LogP contribution in [0.15, 0.2) is 0 Å². The molecule has 0 heterocycles. The molecule has 0 amide bonds. The van der Waals surface area contributed by atoms with Crippen molar-refractivity contribution in [3.05, 3.63) is 0 Å². The highest BCUT2D eigenvalue weighted by Gasteiger charge is 2.76. The van der Waals surface area contributed by atoms with Crippen LogP contribution in [0, 0.1) is 41.4 Å². The quantitative estimate of drug-likeness (QED) is 0.369. The van der Waals surface area contributed by atoms with Crippen LogP contribution >= 0.6 is 0 Å². The van der Waals surface area contributed by atoms with Crippen LogP contribution in [0.5, 0.6) is 0 Å². The van der Waals surface area contributed by atoms with Gasteiger partial charge in [0.25, 0.3) is 10.1 Å². The monoisotopic (exact) mass is 478 g/mol. The number of carbonyl (C=O) groups excluding carboxylic acids is 1. The second-order valence-electron chi connectivity index (χ2n) is 9.57. The van der Waals surface area contributed by atoms with Gasteiger partial charge >= 0.3 is 23.9 Å². The minimum absolute atomic E-state index is 0.0651. The molecule has 0 aliphatic heterocycles. The summed E-state index contributed by atoms with van der Waals surface area (Å²) in [7, 11) is -5.78. The normalized spacial score (nSPS) is 38.1. The molecule has 178 valence electrons. The minimum atomic E-state index is -6.28. The Labute approximate surface area is 175 Å². The summed E-state index contributed by atoms with van der Waals surface area (Å²) in [6.45, 7) is 0. The van der Waals surface area contributed by atoms with Crippen molar-refractivity contribution in [1.29, 1.82) is 0 Å². The van der Waals surface area contributed by atoms with Gasteiger partial charge in [0.15, 0.2) is 0 Å². The SMILES string of the molecule is O=C(OC(CS(=O)(=O)O)(C(F)(F)F)C(F)(F)F)C1CC2C3CCCC3C1C1CCCC21. The number of alkyl halides is 6. The summed E-state index contributed by atoms with van der Waals surface area (Å²) in [6.07, 6.45) is -7.08. The molecule has 5 nitrogen and oxygen atoms in total. The predicted molar refractivity (Wildman–Crippen MR) is 94.1 cm³/mol. The zero-order valence-electron chi connectivity index (χ0n) is 16.5. The molecular formula is C19H24F6O5S. The van der Waals surface area contributed by atoms with E-state index in [-0.39, 0.29) is 30.1 Å². The third kappa shape index (κ3) is 3.65. The highest BCUT2D eigenvalue weighted by Crippen LogP contribution is 2.66. The van der Waals surface area contributed by atoms with Gasteiger partial charge in [0, 0.05) is 0 Å². The van der Waals surface area contributed by atoms with Crippen molar-refractivity contribution in [1.82, 2.24) is 0 Å². The Morgan fingerprint density at radius 1 is 0.839 bits per heavy atom. The largest absolute Gasteiger partial charge is 0.438 e. The third-order valence-corrected chi connectivity index (χ3v) is 8.98. The van der Waals surface area contributed by atoms with E-state index in [9.17, 15) is 39.6 Å². The second-order valence-corrected chi connectivity index (χ2v) is 11.0. The lowest BCUT2D eigenvalue weighted by Gasteiger charge is -2.56. The molecule has 5 saturated carbocycles. The van der Waals surface area contributed by atoms with Crippen molar-refractivity contribution in [2.45, 2.75) is 62.9 Å². The fraction of sp³-hybridized carbons (Fsp3) is 0.947. The van der Waals surface area contributed by atoms with E-state index < -0.39 is 45.7 Å². The highest BCUT2D eigenvalue weighted by molar-refractivity contribution is 7.85. The fourth-order valence-electron chi connectivity index (χ4n) is 7.31. The van der Waals surface area contributed by atoms with E-state index in [0.717, 1.165) is 38.5 Å².